The Hall–Kier alpha value is -1.18. The maximum Gasteiger partial charge on any atom is 0.141 e. The van der Waals surface area contributed by atoms with E-state index in [1.165, 1.54) is 0 Å². The lowest BCUT2D eigenvalue weighted by molar-refractivity contribution is 1.21. The molecule has 0 saturated carbocycles. The summed E-state index contributed by atoms with van der Waals surface area (Å²) in [7, 11) is 0. The zero-order valence-corrected chi connectivity index (χ0v) is 8.01. The highest BCUT2D eigenvalue weighted by Crippen LogP contribution is 2.01. The molecule has 0 bridgehead atoms. The van der Waals surface area contributed by atoms with Crippen molar-refractivity contribution in [2.24, 2.45) is 5.84 Å². The van der Waals surface area contributed by atoms with Crippen LogP contribution in [0.4, 0.5) is 5.82 Å². The lowest BCUT2D eigenvalue weighted by Gasteiger charge is -1.97. The first kappa shape index (κ1) is 9.90. The number of pyridine rings is 1. The highest BCUT2D eigenvalue weighted by atomic mass is 32.1. The van der Waals surface area contributed by atoms with Gasteiger partial charge in [0, 0.05) is 12.2 Å². The average Bonchev–Trinajstić information content (AvgIpc) is 2.19. The van der Waals surface area contributed by atoms with E-state index < -0.39 is 0 Å². The Kier molecular flexibility index (Phi) is 4.16. The Morgan fingerprint density at radius 3 is 3.08 bits per heavy atom. The standard InChI is InChI=1S/C9H11N3S/c10-12-9-6-3-5-8(11-9)4-1-2-7-13/h3,5-6,13H,2,7,10H2,(H,11,12). The zero-order valence-electron chi connectivity index (χ0n) is 7.12. The third-order valence-electron chi connectivity index (χ3n) is 1.35. The molecule has 13 heavy (non-hydrogen) atoms. The van der Waals surface area contributed by atoms with Crippen LogP contribution in [0.25, 0.3) is 0 Å². The minimum absolute atomic E-state index is 0.623. The van der Waals surface area contributed by atoms with E-state index in [1.807, 2.05) is 12.1 Å². The number of hydrogen-bond donors (Lipinski definition) is 3. The van der Waals surface area contributed by atoms with E-state index in [2.05, 4.69) is 34.9 Å². The van der Waals surface area contributed by atoms with Crippen LogP contribution in [0.3, 0.4) is 0 Å². The highest BCUT2D eigenvalue weighted by Gasteiger charge is 1.90. The summed E-state index contributed by atoms with van der Waals surface area (Å²) in [6.07, 6.45) is 0.769. The van der Waals surface area contributed by atoms with Crippen LogP contribution in [0, 0.1) is 11.8 Å². The quantitative estimate of drug-likeness (QED) is 0.285. The fraction of sp³-hybridized carbons (Fsp3) is 0.222. The molecule has 1 aromatic heterocycles. The van der Waals surface area contributed by atoms with Crippen molar-refractivity contribution in [1.82, 2.24) is 4.98 Å². The molecule has 0 atom stereocenters. The van der Waals surface area contributed by atoms with Crippen LogP contribution in [-0.2, 0) is 0 Å². The topological polar surface area (TPSA) is 50.9 Å². The smallest absolute Gasteiger partial charge is 0.141 e. The maximum absolute atomic E-state index is 5.20. The molecular weight excluding hydrogens is 182 g/mol. The molecule has 0 aliphatic rings. The van der Waals surface area contributed by atoms with Gasteiger partial charge in [0.25, 0.3) is 0 Å². The number of rotatable bonds is 2. The molecule has 0 fully saturated rings. The number of hydrazine groups is 1. The highest BCUT2D eigenvalue weighted by molar-refractivity contribution is 7.80. The van der Waals surface area contributed by atoms with Gasteiger partial charge in [-0.25, -0.2) is 10.8 Å². The van der Waals surface area contributed by atoms with E-state index in [1.54, 1.807) is 6.07 Å². The number of aromatic nitrogens is 1. The van der Waals surface area contributed by atoms with Gasteiger partial charge >= 0.3 is 0 Å². The number of nitrogen functional groups attached to an aromatic ring is 1. The van der Waals surface area contributed by atoms with Crippen molar-refractivity contribution >= 4 is 18.4 Å². The number of thiol groups is 1. The Labute approximate surface area is 83.1 Å². The number of nitrogens with one attached hydrogen (secondary N) is 1. The van der Waals surface area contributed by atoms with E-state index in [0.29, 0.717) is 5.82 Å². The molecule has 0 aliphatic carbocycles. The van der Waals surface area contributed by atoms with Crippen molar-refractivity contribution in [1.29, 1.82) is 0 Å². The molecule has 0 amide bonds. The summed E-state index contributed by atoms with van der Waals surface area (Å²) < 4.78 is 0. The molecule has 0 aromatic carbocycles. The second-order valence-electron chi connectivity index (χ2n) is 2.33. The van der Waals surface area contributed by atoms with Crippen molar-refractivity contribution in [3.63, 3.8) is 0 Å². The third-order valence-corrected chi connectivity index (χ3v) is 1.57. The summed E-state index contributed by atoms with van der Waals surface area (Å²) in [5.74, 6) is 12.4. The van der Waals surface area contributed by atoms with Gasteiger partial charge in [0.05, 0.1) is 0 Å². The monoisotopic (exact) mass is 193 g/mol. The van der Waals surface area contributed by atoms with Crippen LogP contribution in [0.5, 0.6) is 0 Å². The van der Waals surface area contributed by atoms with Gasteiger partial charge in [0.1, 0.15) is 11.5 Å². The van der Waals surface area contributed by atoms with Gasteiger partial charge in [-0.3, -0.25) is 0 Å². The van der Waals surface area contributed by atoms with E-state index in [0.717, 1.165) is 17.9 Å². The molecule has 3 nitrogen and oxygen atoms in total. The van der Waals surface area contributed by atoms with Crippen molar-refractivity contribution < 1.29 is 0 Å². The first-order valence-electron chi connectivity index (χ1n) is 3.90. The van der Waals surface area contributed by atoms with Crippen molar-refractivity contribution in [2.45, 2.75) is 6.42 Å². The van der Waals surface area contributed by atoms with E-state index in [-0.39, 0.29) is 0 Å². The average molecular weight is 193 g/mol. The number of nitrogens with zero attached hydrogens (tertiary/aromatic N) is 1. The Morgan fingerprint density at radius 2 is 2.38 bits per heavy atom. The van der Waals surface area contributed by atoms with E-state index in [9.17, 15) is 0 Å². The molecule has 1 heterocycles. The molecular formula is C9H11N3S. The normalized spacial score (nSPS) is 8.77. The van der Waals surface area contributed by atoms with E-state index in [4.69, 9.17) is 5.84 Å². The fourth-order valence-corrected chi connectivity index (χ4v) is 0.905. The molecule has 4 heteroatoms. The first-order valence-corrected chi connectivity index (χ1v) is 4.53. The molecule has 0 unspecified atom stereocenters. The van der Waals surface area contributed by atoms with Gasteiger partial charge in [0.2, 0.25) is 0 Å². The van der Waals surface area contributed by atoms with Crippen LogP contribution in [0.2, 0.25) is 0 Å². The predicted molar refractivity (Wildman–Crippen MR) is 57.4 cm³/mol. The predicted octanol–water partition coefficient (Wildman–Crippen LogP) is 1.04. The largest absolute Gasteiger partial charge is 0.308 e. The molecule has 3 N–H and O–H groups in total. The van der Waals surface area contributed by atoms with Crippen LogP contribution in [-0.4, -0.2) is 10.7 Å². The van der Waals surface area contributed by atoms with Gasteiger partial charge in [0.15, 0.2) is 0 Å². The van der Waals surface area contributed by atoms with Crippen LogP contribution < -0.4 is 11.3 Å². The number of nitrogens with two attached hydrogens (primary N) is 1. The maximum atomic E-state index is 5.20. The molecule has 0 saturated heterocycles. The number of hydrogen-bond acceptors (Lipinski definition) is 4. The minimum atomic E-state index is 0.623. The van der Waals surface area contributed by atoms with Gasteiger partial charge < -0.3 is 5.43 Å². The van der Waals surface area contributed by atoms with E-state index >= 15 is 0 Å². The van der Waals surface area contributed by atoms with Crippen molar-refractivity contribution in [2.75, 3.05) is 11.2 Å². The van der Waals surface area contributed by atoms with Crippen LogP contribution in [0.15, 0.2) is 18.2 Å². The summed E-state index contributed by atoms with van der Waals surface area (Å²) in [4.78, 5) is 4.13. The second kappa shape index (κ2) is 5.46. The fourth-order valence-electron chi connectivity index (χ4n) is 0.794. The summed E-state index contributed by atoms with van der Waals surface area (Å²) in [5, 5.41) is 0. The van der Waals surface area contributed by atoms with Crippen molar-refractivity contribution in [3.8, 4) is 11.8 Å². The van der Waals surface area contributed by atoms with Crippen molar-refractivity contribution in [3.05, 3.63) is 23.9 Å². The molecule has 0 spiro atoms. The molecule has 0 aliphatic heterocycles. The van der Waals surface area contributed by atoms with Gasteiger partial charge in [-0.15, -0.1) is 0 Å². The van der Waals surface area contributed by atoms with Gasteiger partial charge in [-0.2, -0.15) is 12.6 Å². The minimum Gasteiger partial charge on any atom is -0.308 e. The first-order chi connectivity index (χ1) is 6.36. The molecule has 68 valence electrons. The molecule has 0 radical (unpaired) electrons. The second-order valence-corrected chi connectivity index (χ2v) is 2.78. The summed E-state index contributed by atoms with van der Waals surface area (Å²) >= 11 is 4.05. The SMILES string of the molecule is NNc1cccc(C#CCCS)n1. The van der Waals surface area contributed by atoms with Gasteiger partial charge in [-0.05, 0) is 18.1 Å². The lowest BCUT2D eigenvalue weighted by atomic mass is 10.3. The summed E-state index contributed by atoms with van der Waals surface area (Å²) in [6, 6.07) is 5.48. The van der Waals surface area contributed by atoms with Gasteiger partial charge in [-0.1, -0.05) is 12.0 Å². The van der Waals surface area contributed by atoms with Crippen LogP contribution >= 0.6 is 12.6 Å². The lowest BCUT2D eigenvalue weighted by Crippen LogP contribution is -2.08. The summed E-state index contributed by atoms with van der Waals surface area (Å²) in [5.41, 5.74) is 3.18. The van der Waals surface area contributed by atoms with Crippen LogP contribution in [0.1, 0.15) is 12.1 Å². The third kappa shape index (κ3) is 3.36. The zero-order chi connectivity index (χ0) is 9.52. The number of anilines is 1. The Balaban J connectivity index is 2.73. The summed E-state index contributed by atoms with van der Waals surface area (Å²) in [6.45, 7) is 0. The Bertz CT molecular complexity index is 327. The Morgan fingerprint density at radius 1 is 1.54 bits per heavy atom. The molecule has 1 aromatic rings. The molecule has 1 rings (SSSR count).